The zero-order chi connectivity index (χ0) is 20.6. The van der Waals surface area contributed by atoms with Crippen molar-refractivity contribution in [2.24, 2.45) is 0 Å². The average molecular weight is 422 g/mol. The third-order valence-corrected chi connectivity index (χ3v) is 6.81. The Morgan fingerprint density at radius 3 is 2.67 bits per heavy atom. The van der Waals surface area contributed by atoms with E-state index in [9.17, 15) is 0 Å². The molecule has 0 saturated carbocycles. The molecule has 3 aromatic rings. The van der Waals surface area contributed by atoms with Crippen LogP contribution in [0.15, 0.2) is 66.2 Å². The van der Waals surface area contributed by atoms with Crippen molar-refractivity contribution in [3.05, 3.63) is 82.3 Å². The van der Waals surface area contributed by atoms with Crippen LogP contribution in [0.5, 0.6) is 5.75 Å². The molecule has 30 heavy (non-hydrogen) atoms. The van der Waals surface area contributed by atoms with Crippen molar-refractivity contribution < 1.29 is 4.74 Å². The van der Waals surface area contributed by atoms with E-state index in [1.54, 1.807) is 11.3 Å². The monoisotopic (exact) mass is 421 g/mol. The molecule has 1 aromatic carbocycles. The van der Waals surface area contributed by atoms with Gasteiger partial charge < -0.3 is 10.1 Å². The van der Waals surface area contributed by atoms with Gasteiger partial charge in [-0.25, -0.2) is 0 Å². The molecule has 3 heterocycles. The molecule has 0 radical (unpaired) electrons. The van der Waals surface area contributed by atoms with Gasteiger partial charge in [0.05, 0.1) is 0 Å². The standard InChI is InChI=1S/C25H31N3OS/c1-26-15-11-24(25-10-6-18-30-25)29-23-9-3-2-7-21(23)19-28-16-12-20(13-17-28)22-8-4-5-14-27-22/h2-10,14,18,20,24,26H,11-13,15-17,19H2,1H3/t24-/m0/s1. The Labute approximate surface area is 183 Å². The molecular formula is C25H31N3OS. The predicted molar refractivity (Wildman–Crippen MR) is 124 cm³/mol. The average Bonchev–Trinajstić information content (AvgIpc) is 3.34. The lowest BCUT2D eigenvalue weighted by Gasteiger charge is -2.32. The molecule has 0 amide bonds. The molecule has 1 N–H and O–H groups in total. The number of hydrogen-bond donors (Lipinski definition) is 1. The molecule has 4 nitrogen and oxygen atoms in total. The molecule has 1 atom stereocenters. The van der Waals surface area contributed by atoms with Gasteiger partial charge >= 0.3 is 0 Å². The number of ether oxygens (including phenoxy) is 1. The second kappa shape index (κ2) is 10.7. The molecule has 4 rings (SSSR count). The van der Waals surface area contributed by atoms with Gasteiger partial charge in [0.2, 0.25) is 0 Å². The van der Waals surface area contributed by atoms with Crippen LogP contribution in [0.3, 0.4) is 0 Å². The highest BCUT2D eigenvalue weighted by molar-refractivity contribution is 7.10. The molecule has 0 aliphatic carbocycles. The molecule has 5 heteroatoms. The minimum atomic E-state index is 0.0912. The second-order valence-electron chi connectivity index (χ2n) is 7.93. The third kappa shape index (κ3) is 5.48. The van der Waals surface area contributed by atoms with Crippen LogP contribution in [-0.4, -0.2) is 36.6 Å². The van der Waals surface area contributed by atoms with Crippen molar-refractivity contribution in [1.29, 1.82) is 0 Å². The van der Waals surface area contributed by atoms with Crippen molar-refractivity contribution in [3.8, 4) is 5.75 Å². The number of rotatable bonds is 9. The first kappa shape index (κ1) is 21.0. The zero-order valence-electron chi connectivity index (χ0n) is 17.7. The summed E-state index contributed by atoms with van der Waals surface area (Å²) in [7, 11) is 1.99. The van der Waals surface area contributed by atoms with Crippen LogP contribution in [0.2, 0.25) is 0 Å². The molecule has 158 valence electrons. The summed E-state index contributed by atoms with van der Waals surface area (Å²) in [5.41, 5.74) is 2.52. The van der Waals surface area contributed by atoms with E-state index in [4.69, 9.17) is 4.74 Å². The highest BCUT2D eigenvalue weighted by Gasteiger charge is 2.23. The van der Waals surface area contributed by atoms with Gasteiger partial charge in [-0.15, -0.1) is 11.3 Å². The van der Waals surface area contributed by atoms with E-state index in [1.165, 1.54) is 29.0 Å². The Kier molecular flexibility index (Phi) is 7.51. The number of piperidine rings is 1. The van der Waals surface area contributed by atoms with E-state index in [-0.39, 0.29) is 6.10 Å². The summed E-state index contributed by atoms with van der Waals surface area (Å²) in [6, 6.07) is 19.1. The first-order chi connectivity index (χ1) is 14.8. The van der Waals surface area contributed by atoms with Crippen molar-refractivity contribution in [1.82, 2.24) is 15.2 Å². The number of hydrogen-bond acceptors (Lipinski definition) is 5. The lowest BCUT2D eigenvalue weighted by molar-refractivity contribution is 0.180. The summed E-state index contributed by atoms with van der Waals surface area (Å²) < 4.78 is 6.56. The maximum absolute atomic E-state index is 6.56. The number of pyridine rings is 1. The fraction of sp³-hybridized carbons (Fsp3) is 0.400. The molecule has 1 fully saturated rings. The van der Waals surface area contributed by atoms with Crippen LogP contribution in [0, 0.1) is 0 Å². The Bertz CT molecular complexity index is 876. The first-order valence-corrected chi connectivity index (χ1v) is 11.8. The largest absolute Gasteiger partial charge is 0.485 e. The van der Waals surface area contributed by atoms with Gasteiger partial charge in [0.25, 0.3) is 0 Å². The Balaban J connectivity index is 1.40. The SMILES string of the molecule is CNCC[C@H](Oc1ccccc1CN1CCC(c2ccccn2)CC1)c1cccs1. The molecule has 1 aliphatic rings. The van der Waals surface area contributed by atoms with Crippen LogP contribution in [0.4, 0.5) is 0 Å². The van der Waals surface area contributed by atoms with Crippen molar-refractivity contribution >= 4 is 11.3 Å². The van der Waals surface area contributed by atoms with Crippen molar-refractivity contribution in [2.75, 3.05) is 26.7 Å². The van der Waals surface area contributed by atoms with Crippen LogP contribution in [0.25, 0.3) is 0 Å². The van der Waals surface area contributed by atoms with E-state index >= 15 is 0 Å². The maximum Gasteiger partial charge on any atom is 0.134 e. The normalized spacial score (nSPS) is 16.4. The molecule has 0 bridgehead atoms. The highest BCUT2D eigenvalue weighted by Crippen LogP contribution is 2.32. The predicted octanol–water partition coefficient (Wildman–Crippen LogP) is 5.25. The minimum Gasteiger partial charge on any atom is -0.485 e. The van der Waals surface area contributed by atoms with Gasteiger partial charge in [-0.3, -0.25) is 9.88 Å². The lowest BCUT2D eigenvalue weighted by atomic mass is 9.93. The number of thiophene rings is 1. The molecule has 0 unspecified atom stereocenters. The number of aromatic nitrogens is 1. The summed E-state index contributed by atoms with van der Waals surface area (Å²) >= 11 is 1.77. The Hall–Kier alpha value is -2.21. The first-order valence-electron chi connectivity index (χ1n) is 10.9. The molecule has 2 aromatic heterocycles. The van der Waals surface area contributed by atoms with Crippen molar-refractivity contribution in [2.45, 2.75) is 37.8 Å². The summed E-state index contributed by atoms with van der Waals surface area (Å²) in [5, 5.41) is 5.38. The lowest BCUT2D eigenvalue weighted by Crippen LogP contribution is -2.32. The van der Waals surface area contributed by atoms with Crippen LogP contribution in [-0.2, 0) is 6.54 Å². The molecular weight excluding hydrogens is 390 g/mol. The number of para-hydroxylation sites is 1. The van der Waals surface area contributed by atoms with E-state index < -0.39 is 0 Å². The highest BCUT2D eigenvalue weighted by atomic mass is 32.1. The molecule has 0 spiro atoms. The van der Waals surface area contributed by atoms with E-state index in [0.29, 0.717) is 5.92 Å². The summed E-state index contributed by atoms with van der Waals surface area (Å²) in [5.74, 6) is 1.59. The van der Waals surface area contributed by atoms with Gasteiger partial charge in [0, 0.05) is 41.2 Å². The van der Waals surface area contributed by atoms with Crippen molar-refractivity contribution in [3.63, 3.8) is 0 Å². The van der Waals surface area contributed by atoms with Crippen LogP contribution >= 0.6 is 11.3 Å². The van der Waals surface area contributed by atoms with E-state index in [1.807, 2.05) is 19.3 Å². The summed E-state index contributed by atoms with van der Waals surface area (Å²) in [6.07, 6.45) is 5.29. The third-order valence-electron chi connectivity index (χ3n) is 5.85. The van der Waals surface area contributed by atoms with Gasteiger partial charge in [-0.1, -0.05) is 30.3 Å². The molecule has 1 aliphatic heterocycles. The fourth-order valence-electron chi connectivity index (χ4n) is 4.16. The Morgan fingerprint density at radius 1 is 1.10 bits per heavy atom. The summed E-state index contributed by atoms with van der Waals surface area (Å²) in [4.78, 5) is 8.40. The number of likely N-dealkylation sites (tertiary alicyclic amines) is 1. The number of nitrogens with one attached hydrogen (secondary N) is 1. The van der Waals surface area contributed by atoms with Gasteiger partial charge in [-0.2, -0.15) is 0 Å². The van der Waals surface area contributed by atoms with Gasteiger partial charge in [0.1, 0.15) is 11.9 Å². The fourth-order valence-corrected chi connectivity index (χ4v) is 4.95. The summed E-state index contributed by atoms with van der Waals surface area (Å²) in [6.45, 7) is 4.08. The zero-order valence-corrected chi connectivity index (χ0v) is 18.5. The smallest absolute Gasteiger partial charge is 0.134 e. The Morgan fingerprint density at radius 2 is 1.93 bits per heavy atom. The minimum absolute atomic E-state index is 0.0912. The van der Waals surface area contributed by atoms with Crippen LogP contribution in [0.1, 0.15) is 47.4 Å². The van der Waals surface area contributed by atoms with Gasteiger partial charge in [-0.05, 0) is 69.2 Å². The maximum atomic E-state index is 6.56. The second-order valence-corrected chi connectivity index (χ2v) is 8.91. The topological polar surface area (TPSA) is 37.4 Å². The van der Waals surface area contributed by atoms with Crippen LogP contribution < -0.4 is 10.1 Å². The van der Waals surface area contributed by atoms with Gasteiger partial charge in [0.15, 0.2) is 0 Å². The molecule has 1 saturated heterocycles. The van der Waals surface area contributed by atoms with E-state index in [2.05, 4.69) is 69.1 Å². The number of benzene rings is 1. The number of nitrogens with zero attached hydrogens (tertiary/aromatic N) is 2. The quantitative estimate of drug-likeness (QED) is 0.512. The van der Waals surface area contributed by atoms with E-state index in [0.717, 1.165) is 38.3 Å².